The Morgan fingerprint density at radius 2 is 2.08 bits per heavy atom. The van der Waals surface area contributed by atoms with Crippen molar-refractivity contribution >= 4 is 23.3 Å². The van der Waals surface area contributed by atoms with E-state index in [0.29, 0.717) is 35.0 Å². The number of halogens is 2. The molecule has 0 radical (unpaired) electrons. The molecule has 39 heavy (non-hydrogen) atoms. The Labute approximate surface area is 225 Å². The second kappa shape index (κ2) is 9.27. The predicted molar refractivity (Wildman–Crippen MR) is 140 cm³/mol. The molecule has 2 atom stereocenters. The van der Waals surface area contributed by atoms with Crippen LogP contribution in [0.5, 0.6) is 0 Å². The molecular formula is C25H22ClFN10O2. The Balaban J connectivity index is 1.40. The van der Waals surface area contributed by atoms with Gasteiger partial charge in [0.25, 0.3) is 5.56 Å². The van der Waals surface area contributed by atoms with Gasteiger partial charge in [0.15, 0.2) is 11.6 Å². The fourth-order valence-electron chi connectivity index (χ4n) is 5.13. The smallest absolute Gasteiger partial charge is 0.252 e. The second-order valence-electron chi connectivity index (χ2n) is 9.44. The van der Waals surface area contributed by atoms with E-state index in [1.54, 1.807) is 40.7 Å². The van der Waals surface area contributed by atoms with E-state index in [1.807, 2.05) is 6.92 Å². The first-order valence-electron chi connectivity index (χ1n) is 12.1. The van der Waals surface area contributed by atoms with E-state index in [2.05, 4.69) is 35.9 Å². The van der Waals surface area contributed by atoms with Gasteiger partial charge in [-0.15, -0.1) is 5.10 Å². The maximum atomic E-state index is 15.4. The second-order valence-corrected chi connectivity index (χ2v) is 9.85. The van der Waals surface area contributed by atoms with Crippen LogP contribution in [0.3, 0.4) is 0 Å². The lowest BCUT2D eigenvalue weighted by Crippen LogP contribution is -2.24. The minimum Gasteiger partial charge on any atom is -0.339 e. The minimum atomic E-state index is -0.665. The van der Waals surface area contributed by atoms with Crippen molar-refractivity contribution in [3.8, 4) is 28.2 Å². The van der Waals surface area contributed by atoms with Crippen molar-refractivity contribution < 1.29 is 9.18 Å². The fraction of sp³-hybridized carbons (Fsp3) is 0.240. The lowest BCUT2D eigenvalue weighted by Gasteiger charge is -2.15. The number of nitrogens with zero attached hydrogens (tertiary/aromatic N) is 8. The fourth-order valence-corrected chi connectivity index (χ4v) is 5.28. The van der Waals surface area contributed by atoms with Crippen LogP contribution >= 0.6 is 11.6 Å². The summed E-state index contributed by atoms with van der Waals surface area (Å²) in [6, 6.07) is 7.61. The van der Waals surface area contributed by atoms with Crippen LogP contribution in [-0.4, -0.2) is 50.4 Å². The summed E-state index contributed by atoms with van der Waals surface area (Å²) in [6.07, 6.45) is 3.64. The number of pyridine rings is 1. The maximum Gasteiger partial charge on any atom is 0.252 e. The van der Waals surface area contributed by atoms with Crippen LogP contribution in [0.15, 0.2) is 47.7 Å². The number of imidazole rings is 1. The van der Waals surface area contributed by atoms with E-state index in [1.165, 1.54) is 30.1 Å². The molecular weight excluding hydrogens is 527 g/mol. The van der Waals surface area contributed by atoms with Gasteiger partial charge in [0.1, 0.15) is 12.2 Å². The summed E-state index contributed by atoms with van der Waals surface area (Å²) in [7, 11) is 1.76. The summed E-state index contributed by atoms with van der Waals surface area (Å²) in [5.74, 6) is 0.132. The number of H-pyrrole nitrogens is 1. The number of anilines is 1. The highest BCUT2D eigenvalue weighted by atomic mass is 35.5. The van der Waals surface area contributed by atoms with E-state index in [-0.39, 0.29) is 34.0 Å². The van der Waals surface area contributed by atoms with E-state index in [9.17, 15) is 9.59 Å². The highest BCUT2D eigenvalue weighted by molar-refractivity contribution is 6.31. The van der Waals surface area contributed by atoms with Crippen LogP contribution in [-0.2, 0) is 11.8 Å². The zero-order chi connectivity index (χ0) is 27.4. The van der Waals surface area contributed by atoms with Crippen LogP contribution in [0, 0.1) is 5.82 Å². The molecule has 0 spiro atoms. The topological polar surface area (TPSA) is 141 Å². The SMILES string of the molecule is CC(=O)Nc1cc(-c2cnc([C@@H]3C[C@H](C)c4cc(-c5c(-n6cnnn6)ccc(Cl)c5F)cc(=O)n43)[nH]2)n(C)n1. The monoisotopic (exact) mass is 548 g/mol. The molecule has 0 saturated carbocycles. The summed E-state index contributed by atoms with van der Waals surface area (Å²) < 4.78 is 20.0. The third-order valence-electron chi connectivity index (χ3n) is 6.82. The van der Waals surface area contributed by atoms with Gasteiger partial charge in [-0.3, -0.25) is 14.3 Å². The maximum absolute atomic E-state index is 15.4. The Hall–Kier alpha value is -4.65. The molecule has 12 nitrogen and oxygen atoms in total. The van der Waals surface area contributed by atoms with Crippen molar-refractivity contribution in [3.05, 3.63) is 75.6 Å². The zero-order valence-electron chi connectivity index (χ0n) is 21.1. The van der Waals surface area contributed by atoms with Crippen molar-refractivity contribution in [2.75, 3.05) is 5.32 Å². The Bertz CT molecular complexity index is 1790. The van der Waals surface area contributed by atoms with Crippen molar-refractivity contribution in [1.82, 2.24) is 44.5 Å². The van der Waals surface area contributed by atoms with Crippen molar-refractivity contribution in [1.29, 1.82) is 0 Å². The molecule has 0 fully saturated rings. The van der Waals surface area contributed by atoms with Gasteiger partial charge in [-0.25, -0.2) is 9.37 Å². The number of aryl methyl sites for hydroxylation is 1. The van der Waals surface area contributed by atoms with E-state index in [0.717, 1.165) is 11.4 Å². The molecule has 0 aliphatic carbocycles. The predicted octanol–water partition coefficient (Wildman–Crippen LogP) is 3.46. The zero-order valence-corrected chi connectivity index (χ0v) is 21.8. The number of amides is 1. The summed E-state index contributed by atoms with van der Waals surface area (Å²) in [5, 5.41) is 18.0. The minimum absolute atomic E-state index is 0.0157. The first kappa shape index (κ1) is 24.7. The molecule has 0 saturated heterocycles. The molecule has 1 aliphatic heterocycles. The number of fused-ring (bicyclic) bond motifs is 1. The molecule has 1 aromatic carbocycles. The summed E-state index contributed by atoms with van der Waals surface area (Å²) >= 11 is 6.12. The summed E-state index contributed by atoms with van der Waals surface area (Å²) in [4.78, 5) is 32.8. The average Bonchev–Trinajstić information content (AvgIpc) is 3.68. The van der Waals surface area contributed by atoms with Gasteiger partial charge in [-0.2, -0.15) is 9.78 Å². The lowest BCUT2D eigenvalue weighted by molar-refractivity contribution is -0.114. The van der Waals surface area contributed by atoms with Crippen LogP contribution in [0.1, 0.15) is 43.7 Å². The molecule has 1 aliphatic rings. The van der Waals surface area contributed by atoms with Gasteiger partial charge in [-0.05, 0) is 46.5 Å². The number of carbonyl (C=O) groups excluding carboxylic acids is 1. The number of hydrogen-bond acceptors (Lipinski definition) is 7. The molecule has 6 rings (SSSR count). The Morgan fingerprint density at radius 3 is 2.82 bits per heavy atom. The number of hydrogen-bond donors (Lipinski definition) is 2. The Morgan fingerprint density at radius 1 is 1.26 bits per heavy atom. The van der Waals surface area contributed by atoms with E-state index >= 15 is 4.39 Å². The van der Waals surface area contributed by atoms with Gasteiger partial charge in [-0.1, -0.05) is 18.5 Å². The van der Waals surface area contributed by atoms with Crippen LogP contribution in [0.25, 0.3) is 28.2 Å². The average molecular weight is 549 g/mol. The molecule has 198 valence electrons. The van der Waals surface area contributed by atoms with E-state index < -0.39 is 5.82 Å². The Kier molecular flexibility index (Phi) is 5.87. The van der Waals surface area contributed by atoms with E-state index in [4.69, 9.17) is 11.6 Å². The molecule has 0 unspecified atom stereocenters. The summed E-state index contributed by atoms with van der Waals surface area (Å²) in [5.41, 5.74) is 2.73. The van der Waals surface area contributed by atoms with Gasteiger partial charge in [0.2, 0.25) is 5.91 Å². The molecule has 2 N–H and O–H groups in total. The number of tetrazole rings is 1. The van der Waals surface area contributed by atoms with Gasteiger partial charge in [0.05, 0.1) is 34.3 Å². The number of aromatic nitrogens is 9. The molecule has 14 heteroatoms. The quantitative estimate of drug-likeness (QED) is 0.342. The van der Waals surface area contributed by atoms with Crippen molar-refractivity contribution in [2.45, 2.75) is 32.2 Å². The lowest BCUT2D eigenvalue weighted by atomic mass is 9.99. The third kappa shape index (κ3) is 4.20. The number of rotatable bonds is 5. The third-order valence-corrected chi connectivity index (χ3v) is 7.11. The molecule has 1 amide bonds. The number of benzene rings is 1. The highest BCUT2D eigenvalue weighted by Gasteiger charge is 2.33. The van der Waals surface area contributed by atoms with Crippen molar-refractivity contribution in [3.63, 3.8) is 0 Å². The molecule has 5 heterocycles. The molecule has 5 aromatic rings. The summed E-state index contributed by atoms with van der Waals surface area (Å²) in [6.45, 7) is 3.42. The standard InChI is InChI=1S/C25H22ClFN10O2/c1-12-6-20(25-28-10-16(31-25)19-9-21(30-13(2)38)32-35(19)3)37-18(12)7-14(8-22(37)39)23-17(36-11-29-33-34-36)5-4-15(26)24(23)27/h4-5,7-12,20H,6H2,1-3H3,(H,28,31)(H,30,32,38)/t12-,20-/m0/s1. The van der Waals surface area contributed by atoms with Gasteiger partial charge < -0.3 is 14.9 Å². The highest BCUT2D eigenvalue weighted by Crippen LogP contribution is 2.41. The number of aromatic amines is 1. The molecule has 0 bridgehead atoms. The number of carbonyl (C=O) groups is 1. The van der Waals surface area contributed by atoms with Crippen LogP contribution < -0.4 is 10.9 Å². The van der Waals surface area contributed by atoms with Crippen LogP contribution in [0.4, 0.5) is 10.2 Å². The largest absolute Gasteiger partial charge is 0.339 e. The van der Waals surface area contributed by atoms with Gasteiger partial charge in [0, 0.05) is 37.4 Å². The molecule has 4 aromatic heterocycles. The van der Waals surface area contributed by atoms with Crippen molar-refractivity contribution in [2.24, 2.45) is 7.05 Å². The normalized spacial score (nSPS) is 16.4. The van der Waals surface area contributed by atoms with Crippen LogP contribution in [0.2, 0.25) is 5.02 Å². The van der Waals surface area contributed by atoms with Gasteiger partial charge >= 0.3 is 0 Å². The number of nitrogens with one attached hydrogen (secondary N) is 2. The first-order chi connectivity index (χ1) is 18.7. The first-order valence-corrected chi connectivity index (χ1v) is 12.4.